The average Bonchev–Trinajstić information content (AvgIpc) is 2.13. The molecule has 0 fully saturated rings. The summed E-state index contributed by atoms with van der Waals surface area (Å²) in [7, 11) is 0. The van der Waals surface area contributed by atoms with Crippen molar-refractivity contribution in [3.8, 4) is 0 Å². The van der Waals surface area contributed by atoms with Crippen LogP contribution in [-0.4, -0.2) is 16.4 Å². The summed E-state index contributed by atoms with van der Waals surface area (Å²) in [5.74, 6) is -0.161. The van der Waals surface area contributed by atoms with Crippen molar-refractivity contribution in [3.05, 3.63) is 35.9 Å². The van der Waals surface area contributed by atoms with Crippen LogP contribution in [0.4, 0.5) is 0 Å². The fourth-order valence-corrected chi connectivity index (χ4v) is 0.762. The molecule has 3 nitrogen and oxygen atoms in total. The van der Waals surface area contributed by atoms with E-state index in [0.29, 0.717) is 12.0 Å². The van der Waals surface area contributed by atoms with E-state index in [0.717, 1.165) is 0 Å². The maximum absolute atomic E-state index is 8.98. The minimum atomic E-state index is -0.107. The predicted octanol–water partition coefficient (Wildman–Crippen LogP) is 1.86. The van der Waals surface area contributed by atoms with E-state index in [1.54, 1.807) is 12.3 Å². The normalized spacial score (nSPS) is 16.7. The Bertz CT molecular complexity index is 261. The van der Waals surface area contributed by atoms with Crippen LogP contribution < -0.4 is 0 Å². The van der Waals surface area contributed by atoms with E-state index in [1.165, 1.54) is 6.08 Å². The number of allylic oxidation sites excluding steroid dienone is 2. The lowest BCUT2D eigenvalue weighted by Gasteiger charge is -1.95. The van der Waals surface area contributed by atoms with Crippen molar-refractivity contribution in [2.45, 2.75) is 6.42 Å². The molecule has 1 aliphatic heterocycles. The number of hydrogen-bond donors (Lipinski definition) is 2. The zero-order valence-corrected chi connectivity index (χ0v) is 5.99. The standard InChI is InChI=1S/C8H9NO2/c1-6(10)7-3-2-4-9-8(11)5-7/h3-5,10-11H,1-2H2. The third-order valence-corrected chi connectivity index (χ3v) is 1.28. The molecule has 1 aliphatic rings. The smallest absolute Gasteiger partial charge is 0.211 e. The first kappa shape index (κ1) is 7.60. The minimum Gasteiger partial charge on any atom is -0.508 e. The van der Waals surface area contributed by atoms with Crippen molar-refractivity contribution in [1.29, 1.82) is 0 Å². The van der Waals surface area contributed by atoms with Gasteiger partial charge in [0.05, 0.1) is 0 Å². The summed E-state index contributed by atoms with van der Waals surface area (Å²) in [6.45, 7) is 3.33. The van der Waals surface area contributed by atoms with Crippen LogP contribution in [0.5, 0.6) is 0 Å². The zero-order chi connectivity index (χ0) is 8.27. The molecule has 0 unspecified atom stereocenters. The van der Waals surface area contributed by atoms with Gasteiger partial charge in [0.25, 0.3) is 0 Å². The van der Waals surface area contributed by atoms with E-state index in [9.17, 15) is 0 Å². The van der Waals surface area contributed by atoms with Gasteiger partial charge in [-0.25, -0.2) is 4.99 Å². The van der Waals surface area contributed by atoms with Crippen LogP contribution in [0.3, 0.4) is 0 Å². The van der Waals surface area contributed by atoms with Gasteiger partial charge in [-0.05, 0) is 0 Å². The van der Waals surface area contributed by atoms with Crippen LogP contribution in [0.2, 0.25) is 0 Å². The highest BCUT2D eigenvalue weighted by Crippen LogP contribution is 2.11. The topological polar surface area (TPSA) is 52.8 Å². The Morgan fingerprint density at radius 3 is 3.00 bits per heavy atom. The summed E-state index contributed by atoms with van der Waals surface area (Å²) in [5.41, 5.74) is 0.514. The van der Waals surface area contributed by atoms with E-state index in [-0.39, 0.29) is 11.6 Å². The van der Waals surface area contributed by atoms with Gasteiger partial charge >= 0.3 is 0 Å². The zero-order valence-electron chi connectivity index (χ0n) is 5.99. The van der Waals surface area contributed by atoms with E-state index in [4.69, 9.17) is 10.2 Å². The van der Waals surface area contributed by atoms with E-state index < -0.39 is 0 Å². The molecule has 3 heteroatoms. The van der Waals surface area contributed by atoms with Crippen molar-refractivity contribution >= 4 is 6.21 Å². The van der Waals surface area contributed by atoms with Gasteiger partial charge in [-0.15, -0.1) is 0 Å². The molecule has 0 spiro atoms. The highest BCUT2D eigenvalue weighted by atomic mass is 16.3. The van der Waals surface area contributed by atoms with Crippen LogP contribution in [0.25, 0.3) is 0 Å². The highest BCUT2D eigenvalue weighted by molar-refractivity contribution is 5.63. The molecule has 58 valence electrons. The molecule has 0 aromatic carbocycles. The second-order valence-electron chi connectivity index (χ2n) is 2.16. The first-order valence-corrected chi connectivity index (χ1v) is 3.22. The Balaban J connectivity index is 2.91. The van der Waals surface area contributed by atoms with Crippen molar-refractivity contribution in [3.63, 3.8) is 0 Å². The lowest BCUT2D eigenvalue weighted by molar-refractivity contribution is 0.402. The van der Waals surface area contributed by atoms with Crippen molar-refractivity contribution in [1.82, 2.24) is 0 Å². The third kappa shape index (κ3) is 1.97. The maximum atomic E-state index is 8.98. The summed E-state index contributed by atoms with van der Waals surface area (Å²) in [5, 5.41) is 17.9. The lowest BCUT2D eigenvalue weighted by Crippen LogP contribution is -1.83. The number of nitrogens with zero attached hydrogens (tertiary/aromatic N) is 1. The minimum absolute atomic E-state index is 0.0537. The Labute approximate surface area is 64.7 Å². The van der Waals surface area contributed by atoms with Crippen LogP contribution in [-0.2, 0) is 0 Å². The molecule has 0 aromatic rings. The molecule has 0 saturated heterocycles. The number of hydrogen-bond acceptors (Lipinski definition) is 3. The molecule has 11 heavy (non-hydrogen) atoms. The summed E-state index contributed by atoms with van der Waals surface area (Å²) >= 11 is 0. The lowest BCUT2D eigenvalue weighted by atomic mass is 10.2. The summed E-state index contributed by atoms with van der Waals surface area (Å²) < 4.78 is 0. The first-order valence-electron chi connectivity index (χ1n) is 3.22. The second kappa shape index (κ2) is 3.05. The Hall–Kier alpha value is -1.51. The number of aliphatic hydroxyl groups excluding tert-OH is 2. The van der Waals surface area contributed by atoms with Crippen LogP contribution in [0.1, 0.15) is 6.42 Å². The van der Waals surface area contributed by atoms with Gasteiger partial charge in [-0.2, -0.15) is 0 Å². The van der Waals surface area contributed by atoms with Gasteiger partial charge in [0.1, 0.15) is 5.76 Å². The molecule has 0 amide bonds. The summed E-state index contributed by atoms with van der Waals surface area (Å²) in [6, 6.07) is 0. The van der Waals surface area contributed by atoms with Gasteiger partial charge in [0, 0.05) is 24.3 Å². The van der Waals surface area contributed by atoms with Crippen LogP contribution in [0.15, 0.2) is 40.9 Å². The van der Waals surface area contributed by atoms with Crippen molar-refractivity contribution in [2.24, 2.45) is 4.99 Å². The Morgan fingerprint density at radius 2 is 2.36 bits per heavy atom. The Morgan fingerprint density at radius 1 is 1.64 bits per heavy atom. The Kier molecular flexibility index (Phi) is 2.11. The molecule has 0 saturated carbocycles. The number of rotatable bonds is 1. The number of aliphatic hydroxyl groups is 2. The SMILES string of the molecule is C=C(O)C1=CCC=NC(O)=C1. The molecule has 1 heterocycles. The van der Waals surface area contributed by atoms with Crippen molar-refractivity contribution in [2.75, 3.05) is 0 Å². The first-order chi connectivity index (χ1) is 5.20. The molecular formula is C8H9NO2. The summed E-state index contributed by atoms with van der Waals surface area (Å²) in [6.07, 6.45) is 5.25. The molecule has 0 aliphatic carbocycles. The monoisotopic (exact) mass is 151 g/mol. The predicted molar refractivity (Wildman–Crippen MR) is 43.7 cm³/mol. The molecule has 0 aromatic heterocycles. The van der Waals surface area contributed by atoms with Gasteiger partial charge in [-0.3, -0.25) is 0 Å². The van der Waals surface area contributed by atoms with Crippen molar-refractivity contribution < 1.29 is 10.2 Å². The largest absolute Gasteiger partial charge is 0.508 e. The molecule has 2 N–H and O–H groups in total. The third-order valence-electron chi connectivity index (χ3n) is 1.28. The average molecular weight is 151 g/mol. The molecule has 0 radical (unpaired) electrons. The number of aliphatic imine (C=N–C) groups is 1. The quantitative estimate of drug-likeness (QED) is 0.562. The van der Waals surface area contributed by atoms with E-state index in [1.807, 2.05) is 0 Å². The van der Waals surface area contributed by atoms with Gasteiger partial charge in [0.2, 0.25) is 5.88 Å². The maximum Gasteiger partial charge on any atom is 0.211 e. The van der Waals surface area contributed by atoms with Gasteiger partial charge < -0.3 is 10.2 Å². The molecule has 0 atom stereocenters. The van der Waals surface area contributed by atoms with E-state index >= 15 is 0 Å². The van der Waals surface area contributed by atoms with E-state index in [2.05, 4.69) is 11.6 Å². The fourth-order valence-electron chi connectivity index (χ4n) is 0.762. The van der Waals surface area contributed by atoms with Gasteiger partial charge in [-0.1, -0.05) is 12.7 Å². The highest BCUT2D eigenvalue weighted by Gasteiger charge is 2.00. The summed E-state index contributed by atoms with van der Waals surface area (Å²) in [4.78, 5) is 3.64. The molecule has 0 bridgehead atoms. The molecular weight excluding hydrogens is 142 g/mol. The van der Waals surface area contributed by atoms with Gasteiger partial charge in [0.15, 0.2) is 0 Å². The van der Waals surface area contributed by atoms with Crippen LogP contribution in [0, 0.1) is 0 Å². The van der Waals surface area contributed by atoms with Crippen LogP contribution >= 0.6 is 0 Å². The molecule has 1 rings (SSSR count). The second-order valence-corrected chi connectivity index (χ2v) is 2.16. The fraction of sp³-hybridized carbons (Fsp3) is 0.125.